The second kappa shape index (κ2) is 5.09. The lowest BCUT2D eigenvalue weighted by Crippen LogP contribution is -2.18. The molecule has 84 valence electrons. The smallest absolute Gasteiger partial charge is 0.0598 e. The molecular formula is C12H15N3S. The van der Waals surface area contributed by atoms with Gasteiger partial charge in [0.05, 0.1) is 18.4 Å². The fourth-order valence-corrected chi connectivity index (χ4v) is 2.41. The molecule has 0 fully saturated rings. The van der Waals surface area contributed by atoms with Crippen molar-refractivity contribution in [1.82, 2.24) is 4.98 Å². The second-order valence-electron chi connectivity index (χ2n) is 3.64. The monoisotopic (exact) mass is 233 g/mol. The van der Waals surface area contributed by atoms with Gasteiger partial charge >= 0.3 is 0 Å². The minimum atomic E-state index is 0.548. The van der Waals surface area contributed by atoms with Crippen molar-refractivity contribution in [2.75, 3.05) is 11.9 Å². The molecule has 0 saturated heterocycles. The molecule has 0 bridgehead atoms. The van der Waals surface area contributed by atoms with Crippen molar-refractivity contribution in [2.45, 2.75) is 13.1 Å². The predicted molar refractivity (Wildman–Crippen MR) is 68.6 cm³/mol. The van der Waals surface area contributed by atoms with Crippen molar-refractivity contribution < 1.29 is 0 Å². The number of thiophene rings is 1. The van der Waals surface area contributed by atoms with Gasteiger partial charge in [-0.2, -0.15) is 0 Å². The first-order valence-corrected chi connectivity index (χ1v) is 6.05. The molecule has 3 nitrogen and oxygen atoms in total. The molecule has 2 rings (SSSR count). The number of nitrogens with zero attached hydrogens (tertiary/aromatic N) is 2. The van der Waals surface area contributed by atoms with E-state index in [4.69, 9.17) is 5.73 Å². The van der Waals surface area contributed by atoms with Crippen LogP contribution in [0.1, 0.15) is 10.4 Å². The molecule has 0 aromatic carbocycles. The summed E-state index contributed by atoms with van der Waals surface area (Å²) < 4.78 is 0. The fraction of sp³-hybridized carbons (Fsp3) is 0.250. The zero-order chi connectivity index (χ0) is 11.4. The minimum Gasteiger partial charge on any atom is -0.368 e. The van der Waals surface area contributed by atoms with Gasteiger partial charge in [0.25, 0.3) is 0 Å². The summed E-state index contributed by atoms with van der Waals surface area (Å²) in [5.41, 5.74) is 7.95. The van der Waals surface area contributed by atoms with Gasteiger partial charge in [0.1, 0.15) is 0 Å². The molecule has 16 heavy (non-hydrogen) atoms. The lowest BCUT2D eigenvalue weighted by Gasteiger charge is -2.20. The van der Waals surface area contributed by atoms with Crippen molar-refractivity contribution in [1.29, 1.82) is 0 Å². The van der Waals surface area contributed by atoms with E-state index < -0.39 is 0 Å². The summed E-state index contributed by atoms with van der Waals surface area (Å²) in [6.45, 7) is 1.45. The van der Waals surface area contributed by atoms with E-state index in [1.54, 1.807) is 17.5 Å². The van der Waals surface area contributed by atoms with Gasteiger partial charge in [-0.15, -0.1) is 11.3 Å². The van der Waals surface area contributed by atoms with Crippen LogP contribution in [0, 0.1) is 0 Å². The van der Waals surface area contributed by atoms with E-state index in [2.05, 4.69) is 34.4 Å². The van der Waals surface area contributed by atoms with Gasteiger partial charge in [-0.3, -0.25) is 4.98 Å². The number of anilines is 1. The normalized spacial score (nSPS) is 10.4. The summed E-state index contributed by atoms with van der Waals surface area (Å²) in [4.78, 5) is 7.67. The number of aromatic nitrogens is 1. The topological polar surface area (TPSA) is 42.2 Å². The van der Waals surface area contributed by atoms with Crippen molar-refractivity contribution in [3.8, 4) is 0 Å². The Kier molecular flexibility index (Phi) is 3.54. The van der Waals surface area contributed by atoms with Crippen LogP contribution in [0.2, 0.25) is 0 Å². The fourth-order valence-electron chi connectivity index (χ4n) is 1.65. The van der Waals surface area contributed by atoms with Gasteiger partial charge < -0.3 is 10.6 Å². The third-order valence-corrected chi connectivity index (χ3v) is 3.35. The number of rotatable bonds is 4. The zero-order valence-electron chi connectivity index (χ0n) is 9.26. The van der Waals surface area contributed by atoms with Crippen LogP contribution >= 0.6 is 11.3 Å². The molecule has 4 heteroatoms. The first kappa shape index (κ1) is 11.1. The van der Waals surface area contributed by atoms with Crippen LogP contribution < -0.4 is 10.6 Å². The van der Waals surface area contributed by atoms with Crippen LogP contribution in [0.15, 0.2) is 36.0 Å². The summed E-state index contributed by atoms with van der Waals surface area (Å²) in [6.07, 6.45) is 3.65. The first-order chi connectivity index (χ1) is 7.81. The summed E-state index contributed by atoms with van der Waals surface area (Å²) in [6, 6.07) is 6.18. The van der Waals surface area contributed by atoms with E-state index in [1.165, 1.54) is 4.88 Å². The van der Waals surface area contributed by atoms with Gasteiger partial charge in [0.2, 0.25) is 0 Å². The second-order valence-corrected chi connectivity index (χ2v) is 4.68. The summed E-state index contributed by atoms with van der Waals surface area (Å²) in [5.74, 6) is 0. The number of hydrogen-bond acceptors (Lipinski definition) is 4. The van der Waals surface area contributed by atoms with Gasteiger partial charge in [-0.25, -0.2) is 0 Å². The molecule has 0 amide bonds. The Labute approximate surface area is 99.5 Å². The molecule has 2 aromatic heterocycles. The molecular weight excluding hydrogens is 218 g/mol. The summed E-state index contributed by atoms with van der Waals surface area (Å²) in [7, 11) is 2.07. The Morgan fingerprint density at radius 3 is 3.00 bits per heavy atom. The molecule has 0 unspecified atom stereocenters. The third kappa shape index (κ3) is 2.40. The minimum absolute atomic E-state index is 0.548. The Hall–Kier alpha value is -1.39. The van der Waals surface area contributed by atoms with E-state index in [0.29, 0.717) is 6.54 Å². The van der Waals surface area contributed by atoms with Crippen molar-refractivity contribution in [3.05, 3.63) is 46.4 Å². The molecule has 2 heterocycles. The first-order valence-electron chi connectivity index (χ1n) is 5.17. The van der Waals surface area contributed by atoms with E-state index in [1.807, 2.05) is 12.3 Å². The zero-order valence-corrected chi connectivity index (χ0v) is 10.1. The highest BCUT2D eigenvalue weighted by Gasteiger charge is 2.07. The molecule has 0 saturated carbocycles. The van der Waals surface area contributed by atoms with E-state index >= 15 is 0 Å². The Bertz CT molecular complexity index is 439. The van der Waals surface area contributed by atoms with Crippen LogP contribution in [-0.2, 0) is 13.1 Å². The average Bonchev–Trinajstić information content (AvgIpc) is 2.81. The highest BCUT2D eigenvalue weighted by Crippen LogP contribution is 2.20. The maximum absolute atomic E-state index is 5.71. The summed E-state index contributed by atoms with van der Waals surface area (Å²) in [5, 5.41) is 2.09. The molecule has 2 N–H and O–H groups in total. The maximum atomic E-state index is 5.71. The van der Waals surface area contributed by atoms with Crippen LogP contribution in [0.25, 0.3) is 0 Å². The number of hydrogen-bond donors (Lipinski definition) is 1. The van der Waals surface area contributed by atoms with E-state index in [0.717, 1.165) is 17.8 Å². The Morgan fingerprint density at radius 2 is 2.31 bits per heavy atom. The molecule has 0 aliphatic rings. The lowest BCUT2D eigenvalue weighted by molar-refractivity contribution is 0.910. The molecule has 0 aliphatic heterocycles. The molecule has 0 radical (unpaired) electrons. The molecule has 0 spiro atoms. The highest BCUT2D eigenvalue weighted by molar-refractivity contribution is 7.09. The van der Waals surface area contributed by atoms with Crippen LogP contribution in [0.3, 0.4) is 0 Å². The Morgan fingerprint density at radius 1 is 1.44 bits per heavy atom. The quantitative estimate of drug-likeness (QED) is 0.880. The van der Waals surface area contributed by atoms with E-state index in [-0.39, 0.29) is 0 Å². The molecule has 2 aromatic rings. The van der Waals surface area contributed by atoms with Crippen molar-refractivity contribution in [3.63, 3.8) is 0 Å². The van der Waals surface area contributed by atoms with Gasteiger partial charge in [0, 0.05) is 24.7 Å². The van der Waals surface area contributed by atoms with Crippen LogP contribution in [0.5, 0.6) is 0 Å². The maximum Gasteiger partial charge on any atom is 0.0598 e. The standard InChI is InChI=1S/C12H15N3S/c1-15(9-11-3-2-6-16-11)12-8-14-5-4-10(12)7-13/h2-6,8H,7,9,13H2,1H3. The van der Waals surface area contributed by atoms with E-state index in [9.17, 15) is 0 Å². The van der Waals surface area contributed by atoms with Gasteiger partial charge in [0.15, 0.2) is 0 Å². The largest absolute Gasteiger partial charge is 0.368 e. The third-order valence-electron chi connectivity index (χ3n) is 2.49. The van der Waals surface area contributed by atoms with Crippen LogP contribution in [0.4, 0.5) is 5.69 Å². The van der Waals surface area contributed by atoms with Crippen molar-refractivity contribution >= 4 is 17.0 Å². The Balaban J connectivity index is 2.17. The van der Waals surface area contributed by atoms with Crippen molar-refractivity contribution in [2.24, 2.45) is 5.73 Å². The predicted octanol–water partition coefficient (Wildman–Crippen LogP) is 2.24. The number of nitrogens with two attached hydrogens (primary N) is 1. The highest BCUT2D eigenvalue weighted by atomic mass is 32.1. The SMILES string of the molecule is CN(Cc1cccs1)c1cnccc1CN. The summed E-state index contributed by atoms with van der Waals surface area (Å²) >= 11 is 1.77. The van der Waals surface area contributed by atoms with Gasteiger partial charge in [-0.1, -0.05) is 6.07 Å². The van der Waals surface area contributed by atoms with Crippen LogP contribution in [-0.4, -0.2) is 12.0 Å². The molecule has 0 aliphatic carbocycles. The number of pyridine rings is 1. The van der Waals surface area contributed by atoms with Gasteiger partial charge in [-0.05, 0) is 23.1 Å². The lowest BCUT2D eigenvalue weighted by atomic mass is 10.2. The average molecular weight is 233 g/mol. The molecule has 0 atom stereocenters.